The molecule has 0 unspecified atom stereocenters. The number of aromatic nitrogens is 3. The monoisotopic (exact) mass is 361 g/mol. The highest BCUT2D eigenvalue weighted by Gasteiger charge is 2.29. The first kappa shape index (κ1) is 18.3. The van der Waals surface area contributed by atoms with Crippen LogP contribution in [0, 0.1) is 0 Å². The highest BCUT2D eigenvalue weighted by Crippen LogP contribution is 2.29. The Balaban J connectivity index is 1.32. The lowest BCUT2D eigenvalue weighted by Crippen LogP contribution is -2.46. The minimum absolute atomic E-state index is 0.576. The van der Waals surface area contributed by atoms with E-state index in [4.69, 9.17) is 0 Å². The second kappa shape index (κ2) is 8.33. The van der Waals surface area contributed by atoms with Crippen LogP contribution >= 0.6 is 0 Å². The van der Waals surface area contributed by atoms with Crippen molar-refractivity contribution in [3.63, 3.8) is 0 Å². The number of likely N-dealkylation sites (N-methyl/N-ethyl adjacent to an activating group) is 1. The molecule has 7 nitrogen and oxygen atoms in total. The smallest absolute Gasteiger partial charge is 0.146 e. The van der Waals surface area contributed by atoms with Crippen molar-refractivity contribution in [2.24, 2.45) is 7.05 Å². The van der Waals surface area contributed by atoms with Gasteiger partial charge in [0, 0.05) is 45.2 Å². The van der Waals surface area contributed by atoms with Crippen molar-refractivity contribution in [2.45, 2.75) is 44.2 Å². The van der Waals surface area contributed by atoms with Gasteiger partial charge in [0.1, 0.15) is 11.6 Å². The van der Waals surface area contributed by atoms with Gasteiger partial charge in [0.2, 0.25) is 0 Å². The van der Waals surface area contributed by atoms with Crippen LogP contribution in [0.25, 0.3) is 0 Å². The summed E-state index contributed by atoms with van der Waals surface area (Å²) in [6.45, 7) is 10.3. The maximum absolute atomic E-state index is 4.60. The summed E-state index contributed by atoms with van der Waals surface area (Å²) in [7, 11) is 4.37. The largest absolute Gasteiger partial charge is 0.317 e. The van der Waals surface area contributed by atoms with Crippen molar-refractivity contribution in [1.29, 1.82) is 0 Å². The zero-order valence-corrected chi connectivity index (χ0v) is 16.5. The molecule has 3 aliphatic heterocycles. The number of piperidine rings is 2. The van der Waals surface area contributed by atoms with Crippen LogP contribution in [-0.4, -0.2) is 94.9 Å². The fraction of sp³-hybridized carbons (Fsp3) is 0.895. The molecule has 7 heteroatoms. The molecule has 3 saturated heterocycles. The van der Waals surface area contributed by atoms with E-state index in [1.54, 1.807) is 0 Å². The standard InChI is InChI=1S/C19H35N7/c1-23-11-13-25(14-12-23)15-18-21-22-19(24(18)2)16-5-9-26(10-6-16)17-3-7-20-8-4-17/h16-17,20H,3-15H2,1-2H3. The highest BCUT2D eigenvalue weighted by molar-refractivity contribution is 5.04. The molecule has 0 atom stereocenters. The van der Waals surface area contributed by atoms with Crippen molar-refractivity contribution in [1.82, 2.24) is 34.8 Å². The Hall–Kier alpha value is -1.02. The predicted molar refractivity (Wildman–Crippen MR) is 103 cm³/mol. The van der Waals surface area contributed by atoms with Crippen LogP contribution in [0.3, 0.4) is 0 Å². The van der Waals surface area contributed by atoms with Crippen LogP contribution in [0.4, 0.5) is 0 Å². The van der Waals surface area contributed by atoms with Gasteiger partial charge in [0.25, 0.3) is 0 Å². The van der Waals surface area contributed by atoms with Crippen LogP contribution in [0.5, 0.6) is 0 Å². The van der Waals surface area contributed by atoms with Crippen LogP contribution in [0.1, 0.15) is 43.3 Å². The number of piperazine rings is 1. The Labute approximate surface area is 157 Å². The van der Waals surface area contributed by atoms with Gasteiger partial charge in [-0.25, -0.2) is 0 Å². The molecule has 0 amide bonds. The summed E-state index contributed by atoms with van der Waals surface area (Å²) >= 11 is 0. The molecule has 3 aliphatic rings. The van der Waals surface area contributed by atoms with Gasteiger partial charge in [-0.3, -0.25) is 4.90 Å². The first-order chi connectivity index (χ1) is 12.7. The Morgan fingerprint density at radius 1 is 0.885 bits per heavy atom. The van der Waals surface area contributed by atoms with Crippen LogP contribution in [-0.2, 0) is 13.6 Å². The molecule has 0 aliphatic carbocycles. The molecule has 3 fully saturated rings. The zero-order valence-electron chi connectivity index (χ0n) is 16.5. The van der Waals surface area contributed by atoms with E-state index >= 15 is 0 Å². The summed E-state index contributed by atoms with van der Waals surface area (Å²) in [5.41, 5.74) is 0. The second-order valence-corrected chi connectivity index (χ2v) is 8.40. The van der Waals surface area contributed by atoms with Gasteiger partial charge in [0.15, 0.2) is 0 Å². The maximum Gasteiger partial charge on any atom is 0.146 e. The molecule has 0 radical (unpaired) electrons. The maximum atomic E-state index is 4.60. The molecular formula is C19H35N7. The van der Waals surface area contributed by atoms with Crippen molar-refractivity contribution >= 4 is 0 Å². The zero-order chi connectivity index (χ0) is 17.9. The summed E-state index contributed by atoms with van der Waals surface area (Å²) in [4.78, 5) is 7.63. The predicted octanol–water partition coefficient (Wildman–Crippen LogP) is 0.494. The molecule has 1 aromatic rings. The normalized spacial score (nSPS) is 25.8. The van der Waals surface area contributed by atoms with Crippen LogP contribution in [0.15, 0.2) is 0 Å². The van der Waals surface area contributed by atoms with E-state index in [1.165, 1.54) is 57.7 Å². The Morgan fingerprint density at radius 3 is 2.27 bits per heavy atom. The molecule has 1 aromatic heterocycles. The summed E-state index contributed by atoms with van der Waals surface area (Å²) in [5, 5.41) is 12.6. The lowest BCUT2D eigenvalue weighted by molar-refractivity contribution is 0.124. The van der Waals surface area contributed by atoms with Gasteiger partial charge in [0.05, 0.1) is 6.54 Å². The van der Waals surface area contributed by atoms with E-state index in [0.717, 1.165) is 44.6 Å². The summed E-state index contributed by atoms with van der Waals surface area (Å²) in [5.74, 6) is 2.91. The number of nitrogens with one attached hydrogen (secondary N) is 1. The van der Waals surface area contributed by atoms with E-state index in [2.05, 4.69) is 48.9 Å². The van der Waals surface area contributed by atoms with Gasteiger partial charge in [-0.2, -0.15) is 0 Å². The summed E-state index contributed by atoms with van der Waals surface area (Å²) in [6, 6.07) is 0.796. The average molecular weight is 362 g/mol. The van der Waals surface area contributed by atoms with Gasteiger partial charge in [-0.05, 0) is 58.9 Å². The molecule has 26 heavy (non-hydrogen) atoms. The number of rotatable bonds is 4. The molecule has 4 rings (SSSR count). The number of hydrogen-bond acceptors (Lipinski definition) is 6. The van der Waals surface area contributed by atoms with E-state index in [9.17, 15) is 0 Å². The van der Waals surface area contributed by atoms with Gasteiger partial charge >= 0.3 is 0 Å². The first-order valence-corrected chi connectivity index (χ1v) is 10.4. The molecule has 4 heterocycles. The van der Waals surface area contributed by atoms with Crippen molar-refractivity contribution in [3.05, 3.63) is 11.6 Å². The summed E-state index contributed by atoms with van der Waals surface area (Å²) < 4.78 is 2.28. The summed E-state index contributed by atoms with van der Waals surface area (Å²) in [6.07, 6.45) is 5.07. The minimum atomic E-state index is 0.576. The molecule has 0 bridgehead atoms. The number of likely N-dealkylation sites (tertiary alicyclic amines) is 1. The number of nitrogens with zero attached hydrogens (tertiary/aromatic N) is 6. The van der Waals surface area contributed by atoms with Crippen LogP contribution < -0.4 is 5.32 Å². The fourth-order valence-electron chi connectivity index (χ4n) is 4.77. The van der Waals surface area contributed by atoms with Gasteiger partial charge < -0.3 is 19.7 Å². The Bertz CT molecular complexity index is 564. The Morgan fingerprint density at radius 2 is 1.58 bits per heavy atom. The average Bonchev–Trinajstić information content (AvgIpc) is 3.05. The highest BCUT2D eigenvalue weighted by atomic mass is 15.3. The molecular weight excluding hydrogens is 326 g/mol. The van der Waals surface area contributed by atoms with Crippen LogP contribution in [0.2, 0.25) is 0 Å². The fourth-order valence-corrected chi connectivity index (χ4v) is 4.77. The van der Waals surface area contributed by atoms with E-state index < -0.39 is 0 Å². The van der Waals surface area contributed by atoms with E-state index in [0.29, 0.717) is 5.92 Å². The minimum Gasteiger partial charge on any atom is -0.317 e. The molecule has 0 aromatic carbocycles. The first-order valence-electron chi connectivity index (χ1n) is 10.4. The van der Waals surface area contributed by atoms with Gasteiger partial charge in [-0.15, -0.1) is 10.2 Å². The second-order valence-electron chi connectivity index (χ2n) is 8.40. The SMILES string of the molecule is CN1CCN(Cc2nnc(C3CCN(C4CCNCC4)CC3)n2C)CC1. The van der Waals surface area contributed by atoms with Crippen molar-refractivity contribution < 1.29 is 0 Å². The molecule has 1 N–H and O–H groups in total. The van der Waals surface area contributed by atoms with E-state index in [-0.39, 0.29) is 0 Å². The molecule has 146 valence electrons. The Kier molecular flexibility index (Phi) is 5.88. The topological polar surface area (TPSA) is 52.5 Å². The molecule has 0 saturated carbocycles. The van der Waals surface area contributed by atoms with Gasteiger partial charge in [-0.1, -0.05) is 0 Å². The third-order valence-electron chi connectivity index (χ3n) is 6.68. The van der Waals surface area contributed by atoms with E-state index in [1.807, 2.05) is 0 Å². The lowest BCUT2D eigenvalue weighted by Gasteiger charge is -2.39. The lowest BCUT2D eigenvalue weighted by atomic mass is 9.93. The quantitative estimate of drug-likeness (QED) is 0.843. The van der Waals surface area contributed by atoms with Crippen molar-refractivity contribution in [3.8, 4) is 0 Å². The number of hydrogen-bond donors (Lipinski definition) is 1. The van der Waals surface area contributed by atoms with Crippen molar-refractivity contribution in [2.75, 3.05) is 59.4 Å². The third-order valence-corrected chi connectivity index (χ3v) is 6.68. The third kappa shape index (κ3) is 4.11. The molecule has 0 spiro atoms.